The van der Waals surface area contributed by atoms with Crippen molar-refractivity contribution >= 4 is 5.84 Å². The number of hydrogen-bond acceptors (Lipinski definition) is 2. The Morgan fingerprint density at radius 2 is 2.07 bits per heavy atom. The smallest absolute Gasteiger partial charge is 0.123 e. The average Bonchev–Trinajstić information content (AvgIpc) is 2.20. The van der Waals surface area contributed by atoms with Crippen LogP contribution in [-0.4, -0.2) is 12.4 Å². The molecule has 1 aromatic carbocycles. The van der Waals surface area contributed by atoms with E-state index in [0.717, 1.165) is 5.56 Å². The van der Waals surface area contributed by atoms with Crippen LogP contribution in [0.5, 0.6) is 0 Å². The molecule has 0 radical (unpaired) electrons. The molecule has 76 valence electrons. The molecule has 14 heavy (non-hydrogen) atoms. The van der Waals surface area contributed by atoms with E-state index in [1.54, 1.807) is 12.1 Å². The third kappa shape index (κ3) is 3.14. The minimum atomic E-state index is -0.233. The van der Waals surface area contributed by atoms with Gasteiger partial charge >= 0.3 is 0 Å². The summed E-state index contributed by atoms with van der Waals surface area (Å²) in [6, 6.07) is 6.29. The molecular formula is C10H14FN3. The van der Waals surface area contributed by atoms with Crippen LogP contribution >= 0.6 is 0 Å². The number of nitrogens with two attached hydrogens (primary N) is 1. The lowest BCUT2D eigenvalue weighted by atomic mass is 10.1. The molecule has 0 fully saturated rings. The Bertz CT molecular complexity index is 306. The van der Waals surface area contributed by atoms with Crippen LogP contribution in [0.4, 0.5) is 4.39 Å². The largest absolute Gasteiger partial charge is 0.312 e. The molecule has 0 aromatic heterocycles. The zero-order valence-corrected chi connectivity index (χ0v) is 8.13. The highest BCUT2D eigenvalue weighted by Gasteiger charge is 1.98. The molecule has 3 N–H and O–H groups in total. The van der Waals surface area contributed by atoms with Crippen LogP contribution in [0, 0.1) is 5.82 Å². The van der Waals surface area contributed by atoms with E-state index in [1.807, 2.05) is 6.92 Å². The second-order valence-corrected chi connectivity index (χ2v) is 2.87. The van der Waals surface area contributed by atoms with Crippen LogP contribution in [0.25, 0.3) is 0 Å². The first-order chi connectivity index (χ1) is 6.76. The van der Waals surface area contributed by atoms with Crippen molar-refractivity contribution in [1.29, 1.82) is 0 Å². The number of nitrogens with zero attached hydrogens (tertiary/aromatic N) is 1. The summed E-state index contributed by atoms with van der Waals surface area (Å²) in [5, 5.41) is 0. The molecule has 0 unspecified atom stereocenters. The van der Waals surface area contributed by atoms with Crippen molar-refractivity contribution in [2.45, 2.75) is 13.3 Å². The lowest BCUT2D eigenvalue weighted by Crippen LogP contribution is -2.32. The number of nitrogens with one attached hydrogen (secondary N) is 1. The summed E-state index contributed by atoms with van der Waals surface area (Å²) < 4.78 is 12.6. The lowest BCUT2D eigenvalue weighted by Gasteiger charge is -2.04. The topological polar surface area (TPSA) is 50.4 Å². The maximum absolute atomic E-state index is 12.6. The van der Waals surface area contributed by atoms with E-state index in [0.29, 0.717) is 18.8 Å². The van der Waals surface area contributed by atoms with Crippen molar-refractivity contribution in [3.8, 4) is 0 Å². The highest BCUT2D eigenvalue weighted by molar-refractivity contribution is 5.83. The number of hydrazine groups is 1. The fraction of sp³-hybridized carbons (Fsp3) is 0.300. The maximum atomic E-state index is 12.6. The molecule has 1 rings (SSSR count). The molecule has 0 saturated carbocycles. The van der Waals surface area contributed by atoms with Gasteiger partial charge in [0.25, 0.3) is 0 Å². The maximum Gasteiger partial charge on any atom is 0.123 e. The van der Waals surface area contributed by atoms with E-state index in [4.69, 9.17) is 5.84 Å². The Kier molecular flexibility index (Phi) is 4.07. The van der Waals surface area contributed by atoms with Gasteiger partial charge in [-0.05, 0) is 24.6 Å². The molecule has 0 bridgehead atoms. The van der Waals surface area contributed by atoms with Gasteiger partial charge in [-0.3, -0.25) is 4.99 Å². The molecule has 1 aromatic rings. The van der Waals surface area contributed by atoms with Gasteiger partial charge in [0, 0.05) is 13.0 Å². The van der Waals surface area contributed by atoms with E-state index >= 15 is 0 Å². The van der Waals surface area contributed by atoms with Gasteiger partial charge in [0.2, 0.25) is 0 Å². The van der Waals surface area contributed by atoms with Gasteiger partial charge < -0.3 is 5.43 Å². The number of rotatable bonds is 3. The zero-order chi connectivity index (χ0) is 10.4. The highest BCUT2D eigenvalue weighted by atomic mass is 19.1. The summed E-state index contributed by atoms with van der Waals surface area (Å²) in [7, 11) is 0. The van der Waals surface area contributed by atoms with Crippen LogP contribution in [-0.2, 0) is 6.42 Å². The van der Waals surface area contributed by atoms with Gasteiger partial charge in [0.1, 0.15) is 11.7 Å². The third-order valence-electron chi connectivity index (χ3n) is 1.80. The summed E-state index contributed by atoms with van der Waals surface area (Å²) in [6.07, 6.45) is 0.602. The van der Waals surface area contributed by atoms with E-state index in [2.05, 4.69) is 10.4 Å². The number of amidine groups is 1. The van der Waals surface area contributed by atoms with Gasteiger partial charge in [-0.25, -0.2) is 10.2 Å². The monoisotopic (exact) mass is 195 g/mol. The van der Waals surface area contributed by atoms with Gasteiger partial charge in [0.05, 0.1) is 0 Å². The lowest BCUT2D eigenvalue weighted by molar-refractivity contribution is 0.627. The summed E-state index contributed by atoms with van der Waals surface area (Å²) in [5.74, 6) is 5.76. The van der Waals surface area contributed by atoms with Gasteiger partial charge in [0.15, 0.2) is 0 Å². The third-order valence-corrected chi connectivity index (χ3v) is 1.80. The summed E-state index contributed by atoms with van der Waals surface area (Å²) in [5.41, 5.74) is 3.51. The molecule has 4 heteroatoms. The quantitative estimate of drug-likeness (QED) is 0.330. The van der Waals surface area contributed by atoms with Crippen molar-refractivity contribution in [3.63, 3.8) is 0 Å². The van der Waals surface area contributed by atoms with E-state index in [-0.39, 0.29) is 5.82 Å². The minimum absolute atomic E-state index is 0.233. The normalized spacial score (nSPS) is 11.5. The van der Waals surface area contributed by atoms with E-state index in [9.17, 15) is 4.39 Å². The second kappa shape index (κ2) is 5.34. The average molecular weight is 195 g/mol. The summed E-state index contributed by atoms with van der Waals surface area (Å²) in [6.45, 7) is 2.61. The van der Waals surface area contributed by atoms with Crippen LogP contribution in [0.1, 0.15) is 12.5 Å². The SMILES string of the molecule is CCN=C(Cc1ccc(F)cc1)NN. The van der Waals surface area contributed by atoms with Crippen molar-refractivity contribution < 1.29 is 4.39 Å². The first kappa shape index (κ1) is 10.7. The van der Waals surface area contributed by atoms with Gasteiger partial charge in [-0.2, -0.15) is 0 Å². The number of hydrogen-bond donors (Lipinski definition) is 2. The molecule has 0 saturated heterocycles. The summed E-state index contributed by atoms with van der Waals surface area (Å²) >= 11 is 0. The first-order valence-corrected chi connectivity index (χ1v) is 4.50. The second-order valence-electron chi connectivity index (χ2n) is 2.87. The molecular weight excluding hydrogens is 181 g/mol. The molecule has 0 spiro atoms. The standard InChI is InChI=1S/C10H14FN3/c1-2-13-10(14-12)7-8-3-5-9(11)6-4-8/h3-6H,2,7,12H2,1H3,(H,13,14). The van der Waals surface area contributed by atoms with Crippen LogP contribution in [0.15, 0.2) is 29.3 Å². The predicted molar refractivity (Wildman–Crippen MR) is 55.4 cm³/mol. The number of halogens is 1. The highest BCUT2D eigenvalue weighted by Crippen LogP contribution is 2.03. The van der Waals surface area contributed by atoms with Crippen molar-refractivity contribution in [2.75, 3.05) is 6.54 Å². The van der Waals surface area contributed by atoms with E-state index in [1.165, 1.54) is 12.1 Å². The van der Waals surface area contributed by atoms with Crippen LogP contribution < -0.4 is 11.3 Å². The molecule has 0 amide bonds. The Morgan fingerprint density at radius 1 is 1.43 bits per heavy atom. The molecule has 3 nitrogen and oxygen atoms in total. The molecule has 0 aliphatic carbocycles. The fourth-order valence-electron chi connectivity index (χ4n) is 1.14. The Labute approximate surface area is 82.8 Å². The number of aliphatic imine (C=N–C) groups is 1. The Morgan fingerprint density at radius 3 is 2.57 bits per heavy atom. The van der Waals surface area contributed by atoms with Crippen molar-refractivity contribution in [3.05, 3.63) is 35.6 Å². The molecule has 0 aliphatic heterocycles. The van der Waals surface area contributed by atoms with Crippen molar-refractivity contribution in [2.24, 2.45) is 10.8 Å². The molecule has 0 aliphatic rings. The Hall–Kier alpha value is -1.42. The minimum Gasteiger partial charge on any atom is -0.312 e. The van der Waals surface area contributed by atoms with E-state index < -0.39 is 0 Å². The van der Waals surface area contributed by atoms with Crippen LogP contribution in [0.2, 0.25) is 0 Å². The Balaban J connectivity index is 2.67. The van der Waals surface area contributed by atoms with Crippen molar-refractivity contribution in [1.82, 2.24) is 5.43 Å². The molecule has 0 atom stereocenters. The first-order valence-electron chi connectivity index (χ1n) is 4.50. The number of benzene rings is 1. The predicted octanol–water partition coefficient (Wildman–Crippen LogP) is 1.25. The van der Waals surface area contributed by atoms with Gasteiger partial charge in [-0.1, -0.05) is 12.1 Å². The molecule has 0 heterocycles. The zero-order valence-electron chi connectivity index (χ0n) is 8.13. The summed E-state index contributed by atoms with van der Waals surface area (Å²) in [4.78, 5) is 4.15. The van der Waals surface area contributed by atoms with Gasteiger partial charge in [-0.15, -0.1) is 0 Å². The fourth-order valence-corrected chi connectivity index (χ4v) is 1.14. The van der Waals surface area contributed by atoms with Crippen LogP contribution in [0.3, 0.4) is 0 Å².